The van der Waals surface area contributed by atoms with Gasteiger partial charge < -0.3 is 5.11 Å². The number of rotatable bonds is 6. The van der Waals surface area contributed by atoms with Gasteiger partial charge in [-0.3, -0.25) is 19.7 Å². The third kappa shape index (κ3) is 4.63. The molecule has 0 unspecified atom stereocenters. The Morgan fingerprint density at radius 2 is 2.24 bits per heavy atom. The lowest BCUT2D eigenvalue weighted by atomic mass is 10.2. The maximum absolute atomic E-state index is 11.9. The molecule has 0 aliphatic carbocycles. The number of nitrogens with one attached hydrogen (secondary N) is 2. The van der Waals surface area contributed by atoms with E-state index in [2.05, 4.69) is 20.8 Å². The molecular formula is C12H14N4O4S. The molecule has 0 fully saturated rings. The molecule has 0 saturated carbocycles. The first kappa shape index (κ1) is 15.1. The van der Waals surface area contributed by atoms with Crippen molar-refractivity contribution in [3.63, 3.8) is 0 Å². The molecule has 0 spiro atoms. The third-order valence-electron chi connectivity index (χ3n) is 2.76. The van der Waals surface area contributed by atoms with Crippen molar-refractivity contribution in [1.82, 2.24) is 10.4 Å². The molecule has 2 rings (SSSR count). The second-order valence-corrected chi connectivity index (χ2v) is 5.30. The van der Waals surface area contributed by atoms with E-state index in [4.69, 9.17) is 5.11 Å². The molecule has 0 bridgehead atoms. The van der Waals surface area contributed by atoms with Crippen molar-refractivity contribution in [2.45, 2.75) is 32.1 Å². The second-order valence-electron chi connectivity index (χ2n) is 4.44. The van der Waals surface area contributed by atoms with Crippen LogP contribution in [0.25, 0.3) is 0 Å². The lowest BCUT2D eigenvalue weighted by Gasteiger charge is -2.10. The summed E-state index contributed by atoms with van der Waals surface area (Å²) in [5.74, 6) is -1.43. The summed E-state index contributed by atoms with van der Waals surface area (Å²) >= 11 is 1.27. The summed E-state index contributed by atoms with van der Waals surface area (Å²) in [6, 6.07) is 0. The Balaban J connectivity index is 1.86. The number of carboxylic acids is 1. The van der Waals surface area contributed by atoms with E-state index >= 15 is 0 Å². The lowest BCUT2D eigenvalue weighted by molar-refractivity contribution is -0.137. The first-order chi connectivity index (χ1) is 10.0. The van der Waals surface area contributed by atoms with Gasteiger partial charge in [0.05, 0.1) is 5.69 Å². The minimum Gasteiger partial charge on any atom is -0.481 e. The van der Waals surface area contributed by atoms with Crippen molar-refractivity contribution in [3.8, 4) is 0 Å². The number of hydrazone groups is 1. The molecule has 9 heteroatoms. The van der Waals surface area contributed by atoms with Crippen LogP contribution in [0.1, 0.15) is 31.4 Å². The number of nitrogens with zero attached hydrogens (tertiary/aromatic N) is 2. The first-order valence-corrected chi connectivity index (χ1v) is 7.25. The molecule has 0 aromatic carbocycles. The van der Waals surface area contributed by atoms with Gasteiger partial charge in [-0.1, -0.05) is 0 Å². The molecule has 1 aliphatic rings. The van der Waals surface area contributed by atoms with Crippen molar-refractivity contribution >= 4 is 40.0 Å². The smallest absolute Gasteiger partial charge is 0.303 e. The van der Waals surface area contributed by atoms with Crippen LogP contribution in [0.2, 0.25) is 0 Å². The van der Waals surface area contributed by atoms with Gasteiger partial charge in [-0.25, -0.2) is 10.4 Å². The predicted octanol–water partition coefficient (Wildman–Crippen LogP) is 0.755. The minimum absolute atomic E-state index is 0.0930. The monoisotopic (exact) mass is 310 g/mol. The maximum atomic E-state index is 11.9. The van der Waals surface area contributed by atoms with E-state index < -0.39 is 5.97 Å². The van der Waals surface area contributed by atoms with E-state index in [1.807, 2.05) is 0 Å². The molecule has 0 radical (unpaired) electrons. The van der Waals surface area contributed by atoms with Gasteiger partial charge in [-0.2, -0.15) is 5.10 Å². The second kappa shape index (κ2) is 6.93. The molecule has 1 aliphatic heterocycles. The van der Waals surface area contributed by atoms with E-state index in [1.165, 1.54) is 11.3 Å². The summed E-state index contributed by atoms with van der Waals surface area (Å²) in [4.78, 5) is 37.5. The molecule has 2 amide bonds. The zero-order valence-electron chi connectivity index (χ0n) is 11.1. The molecule has 2 heterocycles. The van der Waals surface area contributed by atoms with Crippen LogP contribution in [-0.2, 0) is 20.8 Å². The van der Waals surface area contributed by atoms with Crippen molar-refractivity contribution in [2.24, 2.45) is 5.10 Å². The van der Waals surface area contributed by atoms with Gasteiger partial charge in [0.2, 0.25) is 5.91 Å². The van der Waals surface area contributed by atoms with Crippen LogP contribution in [0.5, 0.6) is 0 Å². The molecule has 0 saturated heterocycles. The highest BCUT2D eigenvalue weighted by molar-refractivity contribution is 7.14. The van der Waals surface area contributed by atoms with E-state index in [0.717, 1.165) is 5.69 Å². The fourth-order valence-electron chi connectivity index (χ4n) is 1.71. The van der Waals surface area contributed by atoms with Gasteiger partial charge in [0.15, 0.2) is 5.13 Å². The molecule has 1 aromatic rings. The van der Waals surface area contributed by atoms with Crippen molar-refractivity contribution in [1.29, 1.82) is 0 Å². The number of carbonyl (C=O) groups excluding carboxylic acids is 2. The first-order valence-electron chi connectivity index (χ1n) is 6.37. The molecular weight excluding hydrogens is 296 g/mol. The van der Waals surface area contributed by atoms with Crippen molar-refractivity contribution < 1.29 is 19.5 Å². The maximum Gasteiger partial charge on any atom is 0.303 e. The van der Waals surface area contributed by atoms with Crippen LogP contribution < -0.4 is 10.7 Å². The van der Waals surface area contributed by atoms with E-state index in [0.29, 0.717) is 24.4 Å². The number of amides is 2. The molecule has 3 N–H and O–H groups in total. The normalized spacial score (nSPS) is 14.3. The number of carbonyl (C=O) groups is 3. The number of thiazole rings is 1. The molecule has 8 nitrogen and oxygen atoms in total. The van der Waals surface area contributed by atoms with Gasteiger partial charge in [0, 0.05) is 24.6 Å². The quantitative estimate of drug-likeness (QED) is 0.716. The third-order valence-corrected chi connectivity index (χ3v) is 3.57. The van der Waals surface area contributed by atoms with Crippen LogP contribution in [0.3, 0.4) is 0 Å². The highest BCUT2D eigenvalue weighted by atomic mass is 32.1. The standard InChI is InChI=1S/C12H14N4O4S/c17-9-5-4-8(15-16-9)11(20)14-12-13-7(6-21-12)2-1-3-10(18)19/h6H,1-5H2,(H,16,17)(H,18,19)(H,13,14,20). The Morgan fingerprint density at radius 1 is 1.43 bits per heavy atom. The predicted molar refractivity (Wildman–Crippen MR) is 76.1 cm³/mol. The fourth-order valence-corrected chi connectivity index (χ4v) is 2.45. The minimum atomic E-state index is -0.837. The summed E-state index contributed by atoms with van der Waals surface area (Å²) in [7, 11) is 0. The number of anilines is 1. The number of aryl methyl sites for hydroxylation is 1. The Labute approximate surface area is 124 Å². The van der Waals surface area contributed by atoms with Gasteiger partial charge in [0.25, 0.3) is 5.91 Å². The number of carboxylic acid groups (broad SMARTS) is 1. The average molecular weight is 310 g/mol. The van der Waals surface area contributed by atoms with E-state index in [1.54, 1.807) is 5.38 Å². The Kier molecular flexibility index (Phi) is 4.99. The summed E-state index contributed by atoms with van der Waals surface area (Å²) in [6.07, 6.45) is 1.69. The highest BCUT2D eigenvalue weighted by Crippen LogP contribution is 2.17. The number of aliphatic carboxylic acids is 1. The van der Waals surface area contributed by atoms with Gasteiger partial charge in [0.1, 0.15) is 5.71 Å². The van der Waals surface area contributed by atoms with Gasteiger partial charge >= 0.3 is 5.97 Å². The van der Waals surface area contributed by atoms with Gasteiger partial charge in [-0.15, -0.1) is 11.3 Å². The highest BCUT2D eigenvalue weighted by Gasteiger charge is 2.19. The fraction of sp³-hybridized carbons (Fsp3) is 0.417. The zero-order valence-corrected chi connectivity index (χ0v) is 11.9. The Bertz CT molecular complexity index is 596. The van der Waals surface area contributed by atoms with Crippen LogP contribution in [0.15, 0.2) is 10.5 Å². The average Bonchev–Trinajstić information content (AvgIpc) is 2.86. The van der Waals surface area contributed by atoms with Crippen molar-refractivity contribution in [2.75, 3.05) is 5.32 Å². The topological polar surface area (TPSA) is 121 Å². The summed E-state index contributed by atoms with van der Waals surface area (Å²) < 4.78 is 0. The number of hydrogen-bond acceptors (Lipinski definition) is 6. The molecule has 1 aromatic heterocycles. The van der Waals surface area contributed by atoms with Crippen LogP contribution >= 0.6 is 11.3 Å². The summed E-state index contributed by atoms with van der Waals surface area (Å²) in [6.45, 7) is 0. The van der Waals surface area contributed by atoms with Crippen LogP contribution in [0, 0.1) is 0 Å². The number of aromatic nitrogens is 1. The Hall–Kier alpha value is -2.29. The van der Waals surface area contributed by atoms with Crippen LogP contribution in [-0.4, -0.2) is 33.6 Å². The van der Waals surface area contributed by atoms with E-state index in [9.17, 15) is 14.4 Å². The lowest BCUT2D eigenvalue weighted by Crippen LogP contribution is -2.32. The summed E-state index contributed by atoms with van der Waals surface area (Å²) in [5, 5.41) is 17.1. The molecule has 21 heavy (non-hydrogen) atoms. The number of hydrogen-bond donors (Lipinski definition) is 3. The Morgan fingerprint density at radius 3 is 2.90 bits per heavy atom. The largest absolute Gasteiger partial charge is 0.481 e. The zero-order chi connectivity index (χ0) is 15.2. The van der Waals surface area contributed by atoms with Crippen molar-refractivity contribution in [3.05, 3.63) is 11.1 Å². The van der Waals surface area contributed by atoms with E-state index in [-0.39, 0.29) is 30.4 Å². The summed E-state index contributed by atoms with van der Waals surface area (Å²) in [5.41, 5.74) is 3.27. The van der Waals surface area contributed by atoms with Gasteiger partial charge in [-0.05, 0) is 12.8 Å². The van der Waals surface area contributed by atoms with Crippen LogP contribution in [0.4, 0.5) is 5.13 Å². The molecule has 0 atom stereocenters. The molecule has 112 valence electrons. The SMILES string of the molecule is O=C(O)CCCc1csc(NC(=O)C2=NNC(=O)CC2)n1.